The van der Waals surface area contributed by atoms with Gasteiger partial charge in [0.15, 0.2) is 0 Å². The third-order valence-electron chi connectivity index (χ3n) is 3.35. The van der Waals surface area contributed by atoms with Gasteiger partial charge in [0.1, 0.15) is 0 Å². The van der Waals surface area contributed by atoms with E-state index in [-0.39, 0.29) is 6.03 Å². The summed E-state index contributed by atoms with van der Waals surface area (Å²) in [7, 11) is 0. The summed E-state index contributed by atoms with van der Waals surface area (Å²) >= 11 is 12.2. The van der Waals surface area contributed by atoms with Gasteiger partial charge in [-0.15, -0.1) is 0 Å². The van der Waals surface area contributed by atoms with Gasteiger partial charge in [0.2, 0.25) is 0 Å². The summed E-state index contributed by atoms with van der Waals surface area (Å²) in [6.45, 7) is 4.44. The van der Waals surface area contributed by atoms with Crippen LogP contribution in [-0.2, 0) is 6.42 Å². The minimum absolute atomic E-state index is 0.241. The van der Waals surface area contributed by atoms with Crippen molar-refractivity contribution in [2.75, 3.05) is 11.9 Å². The highest BCUT2D eigenvalue weighted by molar-refractivity contribution is 6.36. The number of benzene rings is 2. The summed E-state index contributed by atoms with van der Waals surface area (Å²) in [6.07, 6.45) is 0.582. The molecule has 0 aliphatic rings. The molecule has 0 radical (unpaired) electrons. The van der Waals surface area contributed by atoms with E-state index in [2.05, 4.69) is 10.6 Å². The molecule has 0 aliphatic heterocycles. The zero-order valence-electron chi connectivity index (χ0n) is 12.5. The number of hydrogen-bond acceptors (Lipinski definition) is 1. The molecular formula is C17H18Cl2N2O. The van der Waals surface area contributed by atoms with Crippen LogP contribution in [0, 0.1) is 13.8 Å². The predicted octanol–water partition coefficient (Wildman–Crippen LogP) is 4.97. The van der Waals surface area contributed by atoms with Gasteiger partial charge in [-0.05, 0) is 49.6 Å². The highest BCUT2D eigenvalue weighted by Crippen LogP contribution is 2.24. The molecule has 0 heterocycles. The van der Waals surface area contributed by atoms with Crippen molar-refractivity contribution in [3.8, 4) is 0 Å². The number of nitrogens with one attached hydrogen (secondary N) is 2. The Morgan fingerprint density at radius 2 is 1.77 bits per heavy atom. The van der Waals surface area contributed by atoms with E-state index < -0.39 is 0 Å². The van der Waals surface area contributed by atoms with Crippen LogP contribution < -0.4 is 10.6 Å². The lowest BCUT2D eigenvalue weighted by molar-refractivity contribution is 0.252. The monoisotopic (exact) mass is 336 g/mol. The minimum atomic E-state index is -0.241. The maximum Gasteiger partial charge on any atom is 0.319 e. The van der Waals surface area contributed by atoms with Crippen molar-refractivity contribution in [3.05, 3.63) is 63.1 Å². The average molecular weight is 337 g/mol. The molecule has 0 aliphatic carbocycles. The number of carbonyl (C=O) groups excluding carboxylic acids is 1. The average Bonchev–Trinajstić information content (AvgIpc) is 2.45. The van der Waals surface area contributed by atoms with Gasteiger partial charge in [0, 0.05) is 22.3 Å². The lowest BCUT2D eigenvalue weighted by atomic mass is 10.1. The molecule has 0 atom stereocenters. The Hall–Kier alpha value is -1.71. The summed E-state index contributed by atoms with van der Waals surface area (Å²) in [5.41, 5.74) is 3.85. The van der Waals surface area contributed by atoms with Crippen LogP contribution >= 0.6 is 23.2 Å². The van der Waals surface area contributed by atoms with Crippen molar-refractivity contribution in [2.45, 2.75) is 20.3 Å². The first-order chi connectivity index (χ1) is 10.5. The quantitative estimate of drug-likeness (QED) is 0.812. The standard InChI is InChI=1S/C17H18Cl2N2O/c1-11-6-7-16(12(2)10-11)21-17(22)20-9-8-13-14(18)4-3-5-15(13)19/h3-7,10H,8-9H2,1-2H3,(H2,20,21,22). The van der Waals surface area contributed by atoms with E-state index in [1.807, 2.05) is 32.0 Å². The molecule has 0 saturated carbocycles. The molecule has 3 nitrogen and oxygen atoms in total. The Morgan fingerprint density at radius 1 is 1.09 bits per heavy atom. The van der Waals surface area contributed by atoms with Crippen molar-refractivity contribution >= 4 is 34.9 Å². The first-order valence-corrected chi connectivity index (χ1v) is 7.78. The van der Waals surface area contributed by atoms with Crippen LogP contribution in [-0.4, -0.2) is 12.6 Å². The van der Waals surface area contributed by atoms with Gasteiger partial charge in [0.05, 0.1) is 0 Å². The van der Waals surface area contributed by atoms with Crippen LogP contribution in [0.3, 0.4) is 0 Å². The molecule has 2 rings (SSSR count). The van der Waals surface area contributed by atoms with Crippen LogP contribution in [0.2, 0.25) is 10.0 Å². The third-order valence-corrected chi connectivity index (χ3v) is 4.06. The van der Waals surface area contributed by atoms with Gasteiger partial charge < -0.3 is 10.6 Å². The predicted molar refractivity (Wildman–Crippen MR) is 93.1 cm³/mol. The Bertz CT molecular complexity index is 666. The molecule has 5 heteroatoms. The van der Waals surface area contributed by atoms with Gasteiger partial charge >= 0.3 is 6.03 Å². The van der Waals surface area contributed by atoms with Crippen LogP contribution in [0.15, 0.2) is 36.4 Å². The Kier molecular flexibility index (Phi) is 5.69. The summed E-state index contributed by atoms with van der Waals surface area (Å²) in [6, 6.07) is 11.0. The lowest BCUT2D eigenvalue weighted by Gasteiger charge is -2.11. The minimum Gasteiger partial charge on any atom is -0.338 e. The van der Waals surface area contributed by atoms with Crippen LogP contribution in [0.1, 0.15) is 16.7 Å². The smallest absolute Gasteiger partial charge is 0.319 e. The number of urea groups is 1. The van der Waals surface area contributed by atoms with Crippen LogP contribution in [0.4, 0.5) is 10.5 Å². The Morgan fingerprint density at radius 3 is 2.41 bits per heavy atom. The van der Waals surface area contributed by atoms with Crippen LogP contribution in [0.5, 0.6) is 0 Å². The summed E-state index contributed by atoms with van der Waals surface area (Å²) < 4.78 is 0. The van der Waals surface area contributed by atoms with Crippen LogP contribution in [0.25, 0.3) is 0 Å². The van der Waals surface area contributed by atoms with Gasteiger partial charge in [-0.25, -0.2) is 4.79 Å². The number of aryl methyl sites for hydroxylation is 2. The van der Waals surface area contributed by atoms with Crippen molar-refractivity contribution < 1.29 is 4.79 Å². The number of anilines is 1. The molecule has 2 N–H and O–H groups in total. The zero-order valence-corrected chi connectivity index (χ0v) is 14.1. The fourth-order valence-corrected chi connectivity index (χ4v) is 2.78. The zero-order chi connectivity index (χ0) is 16.1. The van der Waals surface area contributed by atoms with Crippen molar-refractivity contribution in [1.82, 2.24) is 5.32 Å². The van der Waals surface area contributed by atoms with E-state index in [1.54, 1.807) is 18.2 Å². The molecule has 116 valence electrons. The van der Waals surface area contributed by atoms with E-state index in [0.717, 1.165) is 22.4 Å². The van der Waals surface area contributed by atoms with Gasteiger partial charge in [-0.1, -0.05) is 47.0 Å². The maximum absolute atomic E-state index is 11.9. The molecule has 0 unspecified atom stereocenters. The molecule has 2 aromatic rings. The van der Waals surface area contributed by atoms with E-state index >= 15 is 0 Å². The Balaban J connectivity index is 1.88. The summed E-state index contributed by atoms with van der Waals surface area (Å²) in [5.74, 6) is 0. The number of amides is 2. The van der Waals surface area contributed by atoms with Crippen molar-refractivity contribution in [3.63, 3.8) is 0 Å². The highest BCUT2D eigenvalue weighted by atomic mass is 35.5. The van der Waals surface area contributed by atoms with E-state index in [4.69, 9.17) is 23.2 Å². The Labute approximate surface area is 140 Å². The second-order valence-corrected chi connectivity index (χ2v) is 5.96. The second-order valence-electron chi connectivity index (χ2n) is 5.15. The molecular weight excluding hydrogens is 319 g/mol. The van der Waals surface area contributed by atoms with Crippen molar-refractivity contribution in [2.24, 2.45) is 0 Å². The number of carbonyl (C=O) groups is 1. The molecule has 2 aromatic carbocycles. The molecule has 22 heavy (non-hydrogen) atoms. The number of rotatable bonds is 4. The molecule has 0 saturated heterocycles. The normalized spacial score (nSPS) is 10.4. The topological polar surface area (TPSA) is 41.1 Å². The molecule has 0 aromatic heterocycles. The van der Waals surface area contributed by atoms with Gasteiger partial charge in [-0.3, -0.25) is 0 Å². The van der Waals surface area contributed by atoms with Crippen molar-refractivity contribution in [1.29, 1.82) is 0 Å². The SMILES string of the molecule is Cc1ccc(NC(=O)NCCc2c(Cl)cccc2Cl)c(C)c1. The fourth-order valence-electron chi connectivity index (χ4n) is 2.19. The summed E-state index contributed by atoms with van der Waals surface area (Å²) in [5, 5.41) is 6.88. The molecule has 2 amide bonds. The maximum atomic E-state index is 11.9. The number of halogens is 2. The molecule has 0 bridgehead atoms. The number of hydrogen-bond donors (Lipinski definition) is 2. The van der Waals surface area contributed by atoms with Gasteiger partial charge in [0.25, 0.3) is 0 Å². The molecule has 0 spiro atoms. The largest absolute Gasteiger partial charge is 0.338 e. The van der Waals surface area contributed by atoms with E-state index in [9.17, 15) is 4.79 Å². The summed E-state index contributed by atoms with van der Waals surface area (Å²) in [4.78, 5) is 11.9. The fraction of sp³-hybridized carbons (Fsp3) is 0.235. The lowest BCUT2D eigenvalue weighted by Crippen LogP contribution is -2.30. The third kappa shape index (κ3) is 4.39. The van der Waals surface area contributed by atoms with E-state index in [1.165, 1.54) is 0 Å². The highest BCUT2D eigenvalue weighted by Gasteiger charge is 2.07. The first-order valence-electron chi connectivity index (χ1n) is 7.02. The van der Waals surface area contributed by atoms with Gasteiger partial charge in [-0.2, -0.15) is 0 Å². The second kappa shape index (κ2) is 7.52. The first kappa shape index (κ1) is 16.7. The van der Waals surface area contributed by atoms with E-state index in [0.29, 0.717) is 23.0 Å². The molecule has 0 fully saturated rings.